The van der Waals surface area contributed by atoms with Crippen molar-refractivity contribution in [1.29, 1.82) is 0 Å². The van der Waals surface area contributed by atoms with Crippen molar-refractivity contribution in [3.05, 3.63) is 59.4 Å². The fraction of sp³-hybridized carbons (Fsp3) is 0.409. The zero-order chi connectivity index (χ0) is 22.1. The van der Waals surface area contributed by atoms with Gasteiger partial charge in [0.2, 0.25) is 10.0 Å². The third-order valence-corrected chi connectivity index (χ3v) is 6.16. The molecule has 0 fully saturated rings. The lowest BCUT2D eigenvalue weighted by Crippen LogP contribution is -2.50. The molecule has 162 valence electrons. The lowest BCUT2D eigenvalue weighted by Gasteiger charge is -2.35. The summed E-state index contributed by atoms with van der Waals surface area (Å²) in [6, 6.07) is 11.5. The number of halogens is 1. The number of anilines is 1. The first-order valence-electron chi connectivity index (χ1n) is 9.76. The van der Waals surface area contributed by atoms with Crippen molar-refractivity contribution in [3.8, 4) is 5.75 Å². The molecule has 0 aliphatic carbocycles. The molecule has 0 unspecified atom stereocenters. The summed E-state index contributed by atoms with van der Waals surface area (Å²) in [6.45, 7) is 6.36. The van der Waals surface area contributed by atoms with E-state index in [-0.39, 0.29) is 17.8 Å². The van der Waals surface area contributed by atoms with Gasteiger partial charge in [-0.05, 0) is 47.2 Å². The molecular weight excluding hydrogens is 407 g/mol. The molecule has 3 rings (SSSR count). The number of hydrogen-bond donors (Lipinski definition) is 1. The third-order valence-electron chi connectivity index (χ3n) is 5.01. The van der Waals surface area contributed by atoms with Crippen LogP contribution in [0.15, 0.2) is 42.5 Å². The van der Waals surface area contributed by atoms with Gasteiger partial charge in [0, 0.05) is 6.54 Å². The van der Waals surface area contributed by atoms with Crippen LogP contribution in [-0.4, -0.2) is 39.8 Å². The van der Waals surface area contributed by atoms with Crippen LogP contribution in [0.3, 0.4) is 0 Å². The molecule has 2 aromatic carbocycles. The van der Waals surface area contributed by atoms with Gasteiger partial charge in [-0.25, -0.2) is 12.8 Å². The SMILES string of the molecule is CC(C)(C)c1ccc2c(c1)N(S(C)(=O)=O)C[C@H](C(=O)NCCc1ccc(F)cc1)O2. The monoisotopic (exact) mass is 434 g/mol. The topological polar surface area (TPSA) is 75.7 Å². The second-order valence-electron chi connectivity index (χ2n) is 8.50. The highest BCUT2D eigenvalue weighted by molar-refractivity contribution is 7.92. The van der Waals surface area contributed by atoms with Crippen LogP contribution < -0.4 is 14.4 Å². The second-order valence-corrected chi connectivity index (χ2v) is 10.4. The number of carbonyl (C=O) groups is 1. The Morgan fingerprint density at radius 3 is 2.47 bits per heavy atom. The average molecular weight is 435 g/mol. The van der Waals surface area contributed by atoms with Crippen molar-refractivity contribution < 1.29 is 22.3 Å². The van der Waals surface area contributed by atoms with Crippen molar-refractivity contribution in [2.45, 2.75) is 38.7 Å². The van der Waals surface area contributed by atoms with Crippen molar-refractivity contribution in [3.63, 3.8) is 0 Å². The normalized spacial score (nSPS) is 16.6. The molecule has 0 saturated heterocycles. The maximum Gasteiger partial charge on any atom is 0.263 e. The van der Waals surface area contributed by atoms with Gasteiger partial charge in [-0.3, -0.25) is 9.10 Å². The van der Waals surface area contributed by atoms with Crippen LogP contribution in [0.5, 0.6) is 5.75 Å². The van der Waals surface area contributed by atoms with Crippen LogP contribution >= 0.6 is 0 Å². The number of rotatable bonds is 5. The van der Waals surface area contributed by atoms with Crippen LogP contribution in [-0.2, 0) is 26.7 Å². The minimum atomic E-state index is -3.60. The van der Waals surface area contributed by atoms with Gasteiger partial charge in [0.15, 0.2) is 6.10 Å². The number of ether oxygens (including phenoxy) is 1. The first kappa shape index (κ1) is 22.1. The fourth-order valence-corrected chi connectivity index (χ4v) is 4.17. The zero-order valence-corrected chi connectivity index (χ0v) is 18.4. The van der Waals surface area contributed by atoms with Gasteiger partial charge < -0.3 is 10.1 Å². The minimum absolute atomic E-state index is 0.0954. The van der Waals surface area contributed by atoms with Gasteiger partial charge in [0.05, 0.1) is 18.5 Å². The van der Waals surface area contributed by atoms with Gasteiger partial charge in [0.1, 0.15) is 11.6 Å². The molecule has 1 heterocycles. The maximum absolute atomic E-state index is 13.0. The molecule has 1 aliphatic rings. The molecule has 30 heavy (non-hydrogen) atoms. The highest BCUT2D eigenvalue weighted by Gasteiger charge is 2.35. The van der Waals surface area contributed by atoms with E-state index in [2.05, 4.69) is 5.32 Å². The van der Waals surface area contributed by atoms with Gasteiger partial charge >= 0.3 is 0 Å². The lowest BCUT2D eigenvalue weighted by molar-refractivity contribution is -0.127. The Morgan fingerprint density at radius 2 is 1.87 bits per heavy atom. The van der Waals surface area contributed by atoms with E-state index in [9.17, 15) is 17.6 Å². The number of carbonyl (C=O) groups excluding carboxylic acids is 1. The molecule has 0 aromatic heterocycles. The molecule has 0 spiro atoms. The summed E-state index contributed by atoms with van der Waals surface area (Å²) >= 11 is 0. The molecule has 8 heteroatoms. The van der Waals surface area contributed by atoms with E-state index in [4.69, 9.17) is 4.74 Å². The van der Waals surface area contributed by atoms with E-state index in [0.29, 0.717) is 24.4 Å². The number of hydrogen-bond acceptors (Lipinski definition) is 4. The smallest absolute Gasteiger partial charge is 0.263 e. The van der Waals surface area contributed by atoms with E-state index in [1.54, 1.807) is 24.3 Å². The standard InChI is InChI=1S/C22H27FN2O4S/c1-22(2,3)16-7-10-19-18(13-16)25(30(4,27)28)14-20(29-19)21(26)24-12-11-15-5-8-17(23)9-6-15/h5-10,13,20H,11-12,14H2,1-4H3,(H,24,26)/t20-/m1/s1. The Balaban J connectivity index is 1.74. The molecule has 0 radical (unpaired) electrons. The molecule has 1 amide bonds. The maximum atomic E-state index is 13.0. The number of benzene rings is 2. The van der Waals surface area contributed by atoms with Crippen molar-refractivity contribution in [2.24, 2.45) is 0 Å². The van der Waals surface area contributed by atoms with Crippen LogP contribution in [0.4, 0.5) is 10.1 Å². The molecule has 0 bridgehead atoms. The molecule has 2 aromatic rings. The molecular formula is C22H27FN2O4S. The second kappa shape index (κ2) is 8.26. The number of amides is 1. The van der Waals surface area contributed by atoms with Crippen LogP contribution in [0.25, 0.3) is 0 Å². The summed E-state index contributed by atoms with van der Waals surface area (Å²) in [7, 11) is -3.60. The highest BCUT2D eigenvalue weighted by atomic mass is 32.2. The van der Waals surface area contributed by atoms with Gasteiger partial charge in [-0.1, -0.05) is 39.0 Å². The first-order chi connectivity index (χ1) is 13.9. The van der Waals surface area contributed by atoms with Crippen LogP contribution in [0.1, 0.15) is 31.9 Å². The molecule has 0 saturated carbocycles. The lowest BCUT2D eigenvalue weighted by atomic mass is 9.86. The molecule has 1 atom stereocenters. The Bertz CT molecular complexity index is 1030. The van der Waals surface area contributed by atoms with E-state index < -0.39 is 22.0 Å². The van der Waals surface area contributed by atoms with Crippen molar-refractivity contribution in [2.75, 3.05) is 23.7 Å². The van der Waals surface area contributed by atoms with E-state index in [0.717, 1.165) is 17.4 Å². The van der Waals surface area contributed by atoms with Crippen LogP contribution in [0, 0.1) is 5.82 Å². The quantitative estimate of drug-likeness (QED) is 0.785. The number of fused-ring (bicyclic) bond motifs is 1. The van der Waals surface area contributed by atoms with E-state index >= 15 is 0 Å². The predicted molar refractivity (Wildman–Crippen MR) is 115 cm³/mol. The minimum Gasteiger partial charge on any atom is -0.476 e. The largest absolute Gasteiger partial charge is 0.476 e. The molecule has 1 aliphatic heterocycles. The molecule has 1 N–H and O–H groups in total. The summed E-state index contributed by atoms with van der Waals surface area (Å²) < 4.78 is 44.9. The molecule has 6 nitrogen and oxygen atoms in total. The highest BCUT2D eigenvalue weighted by Crippen LogP contribution is 2.38. The van der Waals surface area contributed by atoms with Crippen molar-refractivity contribution in [1.82, 2.24) is 5.32 Å². The van der Waals surface area contributed by atoms with Gasteiger partial charge in [-0.2, -0.15) is 0 Å². The average Bonchev–Trinajstić information content (AvgIpc) is 2.66. The summed E-state index contributed by atoms with van der Waals surface area (Å²) in [4.78, 5) is 12.6. The first-order valence-corrected chi connectivity index (χ1v) is 11.6. The fourth-order valence-electron chi connectivity index (χ4n) is 3.26. The summed E-state index contributed by atoms with van der Waals surface area (Å²) in [5, 5.41) is 2.77. The van der Waals surface area contributed by atoms with Crippen molar-refractivity contribution >= 4 is 21.6 Å². The summed E-state index contributed by atoms with van der Waals surface area (Å²) in [5.74, 6) is -0.345. The Morgan fingerprint density at radius 1 is 1.20 bits per heavy atom. The summed E-state index contributed by atoms with van der Waals surface area (Å²) in [5.41, 5.74) is 2.15. The van der Waals surface area contributed by atoms with E-state index in [1.807, 2.05) is 26.8 Å². The van der Waals surface area contributed by atoms with E-state index in [1.165, 1.54) is 16.4 Å². The Hall–Kier alpha value is -2.61. The number of nitrogens with zero attached hydrogens (tertiary/aromatic N) is 1. The van der Waals surface area contributed by atoms with Gasteiger partial charge in [-0.15, -0.1) is 0 Å². The Kier molecular flexibility index (Phi) is 6.08. The Labute approximate surface area is 177 Å². The summed E-state index contributed by atoms with van der Waals surface area (Å²) in [6.07, 6.45) is 0.691. The zero-order valence-electron chi connectivity index (χ0n) is 17.6. The predicted octanol–water partition coefficient (Wildman–Crippen LogP) is 3.01. The van der Waals surface area contributed by atoms with Crippen LogP contribution in [0.2, 0.25) is 0 Å². The number of nitrogens with one attached hydrogen (secondary N) is 1. The van der Waals surface area contributed by atoms with Gasteiger partial charge in [0.25, 0.3) is 5.91 Å². The third kappa shape index (κ3) is 5.11. The number of sulfonamides is 1.